The van der Waals surface area contributed by atoms with Crippen LogP contribution in [0, 0.1) is 34.6 Å². The second-order valence-corrected chi connectivity index (χ2v) is 5.48. The standard InChI is InChI=1S/C16H18N4O/c1-8-6-13(11(4)10(3)9(8)2)14-12(5)19-16-17-7-18-20(16)15(14)21/h6-7,21H,1-5H3. The van der Waals surface area contributed by atoms with E-state index in [1.807, 2.05) is 6.92 Å². The van der Waals surface area contributed by atoms with Crippen LogP contribution in [0.25, 0.3) is 16.9 Å². The highest BCUT2D eigenvalue weighted by Gasteiger charge is 2.18. The van der Waals surface area contributed by atoms with Crippen molar-refractivity contribution in [2.45, 2.75) is 34.6 Å². The molecule has 0 spiro atoms. The zero-order valence-corrected chi connectivity index (χ0v) is 12.9. The van der Waals surface area contributed by atoms with Crippen LogP contribution in [0.1, 0.15) is 27.9 Å². The zero-order valence-electron chi connectivity index (χ0n) is 12.9. The number of aromatic hydroxyl groups is 1. The molecule has 5 nitrogen and oxygen atoms in total. The Hall–Kier alpha value is -2.43. The number of hydrogen-bond acceptors (Lipinski definition) is 4. The van der Waals surface area contributed by atoms with Gasteiger partial charge in [0.25, 0.3) is 5.78 Å². The summed E-state index contributed by atoms with van der Waals surface area (Å²) in [4.78, 5) is 8.45. The predicted octanol–water partition coefficient (Wildman–Crippen LogP) is 3.04. The Morgan fingerprint density at radius 2 is 1.71 bits per heavy atom. The summed E-state index contributed by atoms with van der Waals surface area (Å²) in [6.07, 6.45) is 1.39. The van der Waals surface area contributed by atoms with Gasteiger partial charge in [-0.1, -0.05) is 6.07 Å². The van der Waals surface area contributed by atoms with Gasteiger partial charge in [-0.2, -0.15) is 14.6 Å². The quantitative estimate of drug-likeness (QED) is 0.745. The molecule has 0 radical (unpaired) electrons. The molecule has 0 aliphatic heterocycles. The Balaban J connectivity index is 2.40. The third kappa shape index (κ3) is 1.88. The Labute approximate surface area is 123 Å². The molecular weight excluding hydrogens is 264 g/mol. The highest BCUT2D eigenvalue weighted by molar-refractivity contribution is 5.76. The minimum absolute atomic E-state index is 0.0840. The second-order valence-electron chi connectivity index (χ2n) is 5.48. The van der Waals surface area contributed by atoms with Crippen molar-refractivity contribution in [1.29, 1.82) is 0 Å². The summed E-state index contributed by atoms with van der Waals surface area (Å²) in [7, 11) is 0. The molecule has 2 heterocycles. The van der Waals surface area contributed by atoms with Gasteiger partial charge in [0.05, 0.1) is 11.3 Å². The summed E-state index contributed by atoms with van der Waals surface area (Å²) in [6.45, 7) is 10.3. The zero-order chi connectivity index (χ0) is 15.3. The van der Waals surface area contributed by atoms with Gasteiger partial charge in [-0.25, -0.2) is 4.98 Å². The monoisotopic (exact) mass is 282 g/mol. The number of rotatable bonds is 1. The van der Waals surface area contributed by atoms with Crippen LogP contribution in [0.5, 0.6) is 5.88 Å². The van der Waals surface area contributed by atoms with Crippen molar-refractivity contribution in [2.75, 3.05) is 0 Å². The van der Waals surface area contributed by atoms with E-state index < -0.39 is 0 Å². The lowest BCUT2D eigenvalue weighted by Crippen LogP contribution is -2.02. The Morgan fingerprint density at radius 3 is 2.43 bits per heavy atom. The molecule has 0 amide bonds. The first kappa shape index (κ1) is 13.5. The van der Waals surface area contributed by atoms with E-state index in [1.165, 1.54) is 27.5 Å². The summed E-state index contributed by atoms with van der Waals surface area (Å²) in [5.41, 5.74) is 7.33. The van der Waals surface area contributed by atoms with Crippen molar-refractivity contribution < 1.29 is 5.11 Å². The maximum atomic E-state index is 10.6. The van der Waals surface area contributed by atoms with Gasteiger partial charge in [-0.05, 0) is 62.4 Å². The van der Waals surface area contributed by atoms with Gasteiger partial charge >= 0.3 is 0 Å². The normalized spacial score (nSPS) is 11.3. The topological polar surface area (TPSA) is 63.3 Å². The molecule has 0 atom stereocenters. The van der Waals surface area contributed by atoms with Gasteiger partial charge in [0.2, 0.25) is 5.88 Å². The van der Waals surface area contributed by atoms with Crippen LogP contribution in [-0.2, 0) is 0 Å². The Kier molecular flexibility index (Phi) is 2.93. The van der Waals surface area contributed by atoms with Crippen molar-refractivity contribution in [3.8, 4) is 17.0 Å². The summed E-state index contributed by atoms with van der Waals surface area (Å²) in [5.74, 6) is 0.493. The first-order valence-electron chi connectivity index (χ1n) is 6.89. The van der Waals surface area contributed by atoms with Crippen molar-refractivity contribution >= 4 is 5.78 Å². The van der Waals surface area contributed by atoms with Crippen LogP contribution in [0.3, 0.4) is 0 Å². The van der Waals surface area contributed by atoms with Crippen molar-refractivity contribution in [1.82, 2.24) is 19.6 Å². The summed E-state index contributed by atoms with van der Waals surface area (Å²) in [5, 5.41) is 14.6. The Bertz CT molecular complexity index is 865. The fourth-order valence-electron chi connectivity index (χ4n) is 2.72. The molecule has 1 aromatic carbocycles. The van der Waals surface area contributed by atoms with Gasteiger partial charge in [0.15, 0.2) is 0 Å². The molecule has 0 saturated heterocycles. The van der Waals surface area contributed by atoms with Gasteiger partial charge < -0.3 is 5.11 Å². The van der Waals surface area contributed by atoms with Gasteiger partial charge in [0, 0.05) is 0 Å². The van der Waals surface area contributed by atoms with Gasteiger partial charge in [-0.3, -0.25) is 0 Å². The second kappa shape index (κ2) is 4.55. The third-order valence-corrected chi connectivity index (χ3v) is 4.33. The molecule has 0 aliphatic carbocycles. The smallest absolute Gasteiger partial charge is 0.255 e. The highest BCUT2D eigenvalue weighted by atomic mass is 16.3. The maximum absolute atomic E-state index is 10.6. The van der Waals surface area contributed by atoms with E-state index in [2.05, 4.69) is 48.8 Å². The number of fused-ring (bicyclic) bond motifs is 1. The SMILES string of the molecule is Cc1cc(-c2c(C)nc3ncnn3c2O)c(C)c(C)c1C. The average Bonchev–Trinajstić information content (AvgIpc) is 2.90. The lowest BCUT2D eigenvalue weighted by Gasteiger charge is -2.16. The summed E-state index contributed by atoms with van der Waals surface area (Å²) < 4.78 is 1.37. The molecule has 3 rings (SSSR count). The number of aryl methyl sites for hydroxylation is 2. The first-order valence-corrected chi connectivity index (χ1v) is 6.89. The van der Waals surface area contributed by atoms with E-state index in [1.54, 1.807) is 0 Å². The molecule has 3 aromatic rings. The molecule has 0 aliphatic rings. The molecule has 5 heteroatoms. The van der Waals surface area contributed by atoms with Gasteiger partial charge in [0.1, 0.15) is 6.33 Å². The van der Waals surface area contributed by atoms with E-state index in [-0.39, 0.29) is 5.88 Å². The lowest BCUT2D eigenvalue weighted by atomic mass is 9.91. The number of hydrogen-bond donors (Lipinski definition) is 1. The minimum atomic E-state index is 0.0840. The van der Waals surface area contributed by atoms with Crippen LogP contribution in [0.15, 0.2) is 12.4 Å². The van der Waals surface area contributed by atoms with Crippen molar-refractivity contribution in [2.24, 2.45) is 0 Å². The molecule has 0 fully saturated rings. The molecule has 0 bridgehead atoms. The van der Waals surface area contributed by atoms with Crippen LogP contribution in [-0.4, -0.2) is 24.7 Å². The largest absolute Gasteiger partial charge is 0.493 e. The third-order valence-electron chi connectivity index (χ3n) is 4.33. The molecule has 1 N–H and O–H groups in total. The first-order chi connectivity index (χ1) is 9.91. The average molecular weight is 282 g/mol. The van der Waals surface area contributed by atoms with Crippen LogP contribution < -0.4 is 0 Å². The van der Waals surface area contributed by atoms with Crippen molar-refractivity contribution in [3.05, 3.63) is 40.3 Å². The fourth-order valence-corrected chi connectivity index (χ4v) is 2.72. The number of benzene rings is 1. The van der Waals surface area contributed by atoms with E-state index >= 15 is 0 Å². The molecule has 2 aromatic heterocycles. The number of aromatic nitrogens is 4. The summed E-state index contributed by atoms with van der Waals surface area (Å²) in [6, 6.07) is 2.10. The van der Waals surface area contributed by atoms with Gasteiger partial charge in [-0.15, -0.1) is 0 Å². The van der Waals surface area contributed by atoms with Crippen LogP contribution >= 0.6 is 0 Å². The fraction of sp³-hybridized carbons (Fsp3) is 0.312. The molecule has 21 heavy (non-hydrogen) atoms. The highest BCUT2D eigenvalue weighted by Crippen LogP contribution is 2.36. The van der Waals surface area contributed by atoms with Crippen molar-refractivity contribution in [3.63, 3.8) is 0 Å². The molecule has 0 unspecified atom stereocenters. The molecule has 108 valence electrons. The van der Waals surface area contributed by atoms with Crippen LogP contribution in [0.4, 0.5) is 0 Å². The Morgan fingerprint density at radius 1 is 1.00 bits per heavy atom. The minimum Gasteiger partial charge on any atom is -0.493 e. The maximum Gasteiger partial charge on any atom is 0.255 e. The van der Waals surface area contributed by atoms with E-state index in [9.17, 15) is 5.11 Å². The van der Waals surface area contributed by atoms with Crippen LogP contribution in [0.2, 0.25) is 0 Å². The molecule has 0 saturated carbocycles. The number of nitrogens with zero attached hydrogens (tertiary/aromatic N) is 4. The summed E-state index contributed by atoms with van der Waals surface area (Å²) >= 11 is 0. The molecular formula is C16H18N4O. The van der Waals surface area contributed by atoms with E-state index in [0.29, 0.717) is 5.78 Å². The predicted molar refractivity (Wildman–Crippen MR) is 81.6 cm³/mol. The van der Waals surface area contributed by atoms with E-state index in [4.69, 9.17) is 0 Å². The van der Waals surface area contributed by atoms with E-state index in [0.717, 1.165) is 22.4 Å². The lowest BCUT2D eigenvalue weighted by molar-refractivity contribution is 0.437.